The highest BCUT2D eigenvalue weighted by molar-refractivity contribution is 6.15. The number of esters is 1. The van der Waals surface area contributed by atoms with Gasteiger partial charge in [-0.1, -0.05) is 12.7 Å². The first-order valence-electron chi connectivity index (χ1n) is 4.83. The fourth-order valence-corrected chi connectivity index (χ4v) is 1.31. The average Bonchev–Trinajstić information content (AvgIpc) is 2.66. The molecule has 1 aromatic rings. The summed E-state index contributed by atoms with van der Waals surface area (Å²) in [5.74, 6) is -0.374. The second-order valence-corrected chi connectivity index (χ2v) is 3.03. The van der Waals surface area contributed by atoms with Crippen molar-refractivity contribution in [2.75, 3.05) is 6.61 Å². The van der Waals surface area contributed by atoms with E-state index in [1.807, 2.05) is 22.9 Å². The summed E-state index contributed by atoms with van der Waals surface area (Å²) in [5.41, 5.74) is 1.15. The van der Waals surface area contributed by atoms with Gasteiger partial charge in [0.15, 0.2) is 0 Å². The number of hydrogen-bond acceptors (Lipinski definition) is 2. The van der Waals surface area contributed by atoms with Gasteiger partial charge in [0.25, 0.3) is 0 Å². The third kappa shape index (κ3) is 2.59. The van der Waals surface area contributed by atoms with Gasteiger partial charge in [0.05, 0.1) is 17.9 Å². The lowest BCUT2D eigenvalue weighted by Gasteiger charge is -2.08. The maximum absolute atomic E-state index is 11.4. The van der Waals surface area contributed by atoms with Crippen LogP contribution in [-0.2, 0) is 16.1 Å². The second kappa shape index (κ2) is 5.20. The van der Waals surface area contributed by atoms with E-state index in [-0.39, 0.29) is 5.97 Å². The molecule has 1 rings (SSSR count). The summed E-state index contributed by atoms with van der Waals surface area (Å²) in [6.07, 6.45) is 3.64. The molecule has 15 heavy (non-hydrogen) atoms. The predicted molar refractivity (Wildman–Crippen MR) is 60.3 cm³/mol. The molecule has 3 heteroatoms. The van der Waals surface area contributed by atoms with Crippen LogP contribution in [0.1, 0.15) is 12.6 Å². The SMILES string of the molecule is C=CCn1cccc1C(=C)C(=O)OCC. The van der Waals surface area contributed by atoms with Crippen LogP contribution in [0.15, 0.2) is 37.6 Å². The fraction of sp³-hybridized carbons (Fsp3) is 0.250. The molecule has 80 valence electrons. The van der Waals surface area contributed by atoms with E-state index in [1.165, 1.54) is 0 Å². The molecule has 0 aromatic carbocycles. The molecule has 0 atom stereocenters. The first-order chi connectivity index (χ1) is 7.20. The molecule has 3 nitrogen and oxygen atoms in total. The number of allylic oxidation sites excluding steroid dienone is 1. The first-order valence-corrected chi connectivity index (χ1v) is 4.83. The van der Waals surface area contributed by atoms with Gasteiger partial charge in [-0.25, -0.2) is 4.79 Å². The topological polar surface area (TPSA) is 31.2 Å². The Balaban J connectivity index is 2.85. The van der Waals surface area contributed by atoms with Crippen LogP contribution in [0.2, 0.25) is 0 Å². The van der Waals surface area contributed by atoms with E-state index in [2.05, 4.69) is 13.2 Å². The maximum atomic E-state index is 11.4. The Bertz CT molecular complexity index is 377. The van der Waals surface area contributed by atoms with E-state index < -0.39 is 0 Å². The van der Waals surface area contributed by atoms with Crippen LogP contribution < -0.4 is 0 Å². The van der Waals surface area contributed by atoms with Crippen molar-refractivity contribution in [2.45, 2.75) is 13.5 Å². The van der Waals surface area contributed by atoms with Crippen LogP contribution in [0, 0.1) is 0 Å². The van der Waals surface area contributed by atoms with Gasteiger partial charge in [-0.15, -0.1) is 6.58 Å². The Kier molecular flexibility index (Phi) is 3.92. The number of hydrogen-bond donors (Lipinski definition) is 0. The molecule has 0 spiro atoms. The summed E-state index contributed by atoms with van der Waals surface area (Å²) in [6, 6.07) is 3.70. The predicted octanol–water partition coefficient (Wildman–Crippen LogP) is 2.25. The number of carbonyl (C=O) groups excluding carboxylic acids is 1. The van der Waals surface area contributed by atoms with Crippen molar-refractivity contribution in [1.29, 1.82) is 0 Å². The Hall–Kier alpha value is -1.77. The number of ether oxygens (including phenoxy) is 1. The number of rotatable bonds is 5. The lowest BCUT2D eigenvalue weighted by Crippen LogP contribution is -2.09. The Morgan fingerprint density at radius 2 is 2.40 bits per heavy atom. The molecule has 0 unspecified atom stereocenters. The maximum Gasteiger partial charge on any atom is 0.339 e. The van der Waals surface area contributed by atoms with Crippen molar-refractivity contribution in [2.24, 2.45) is 0 Å². The van der Waals surface area contributed by atoms with Crippen LogP contribution in [0.3, 0.4) is 0 Å². The minimum atomic E-state index is -0.374. The molecular weight excluding hydrogens is 190 g/mol. The molecule has 1 heterocycles. The quantitative estimate of drug-likeness (QED) is 0.419. The smallest absolute Gasteiger partial charge is 0.339 e. The molecule has 0 aliphatic rings. The van der Waals surface area contributed by atoms with Gasteiger partial charge in [-0.2, -0.15) is 0 Å². The zero-order valence-electron chi connectivity index (χ0n) is 8.90. The molecule has 0 saturated heterocycles. The molecule has 0 saturated carbocycles. The van der Waals surface area contributed by atoms with Crippen LogP contribution in [0.4, 0.5) is 0 Å². The van der Waals surface area contributed by atoms with Crippen LogP contribution in [0.5, 0.6) is 0 Å². The molecular formula is C12H15NO2. The number of nitrogens with zero attached hydrogens (tertiary/aromatic N) is 1. The molecule has 0 N–H and O–H groups in total. The Morgan fingerprint density at radius 3 is 3.00 bits per heavy atom. The highest BCUT2D eigenvalue weighted by Crippen LogP contribution is 2.15. The van der Waals surface area contributed by atoms with Crippen molar-refractivity contribution in [3.63, 3.8) is 0 Å². The summed E-state index contributed by atoms with van der Waals surface area (Å²) in [4.78, 5) is 11.4. The molecule has 0 radical (unpaired) electrons. The summed E-state index contributed by atoms with van der Waals surface area (Å²) >= 11 is 0. The van der Waals surface area contributed by atoms with Crippen molar-refractivity contribution >= 4 is 11.5 Å². The second-order valence-electron chi connectivity index (χ2n) is 3.03. The fourth-order valence-electron chi connectivity index (χ4n) is 1.31. The standard InChI is InChI=1S/C12H15NO2/c1-4-8-13-9-6-7-11(13)10(3)12(14)15-5-2/h4,6-7,9H,1,3,5,8H2,2H3. The van der Waals surface area contributed by atoms with Crippen molar-refractivity contribution < 1.29 is 9.53 Å². The van der Waals surface area contributed by atoms with E-state index in [0.717, 1.165) is 5.69 Å². The number of aromatic nitrogens is 1. The van der Waals surface area contributed by atoms with Gasteiger partial charge in [0, 0.05) is 12.7 Å². The zero-order valence-corrected chi connectivity index (χ0v) is 8.90. The van der Waals surface area contributed by atoms with Gasteiger partial charge in [-0.05, 0) is 19.1 Å². The van der Waals surface area contributed by atoms with Crippen LogP contribution in [0.25, 0.3) is 5.57 Å². The van der Waals surface area contributed by atoms with Crippen molar-refractivity contribution in [3.8, 4) is 0 Å². The van der Waals surface area contributed by atoms with Gasteiger partial charge in [0.2, 0.25) is 0 Å². The monoisotopic (exact) mass is 205 g/mol. The normalized spacial score (nSPS) is 9.67. The Morgan fingerprint density at radius 1 is 1.67 bits per heavy atom. The minimum Gasteiger partial charge on any atom is -0.462 e. The highest BCUT2D eigenvalue weighted by Gasteiger charge is 2.13. The molecule has 0 aliphatic carbocycles. The van der Waals surface area contributed by atoms with Crippen molar-refractivity contribution in [3.05, 3.63) is 43.3 Å². The van der Waals surface area contributed by atoms with E-state index in [1.54, 1.807) is 13.0 Å². The van der Waals surface area contributed by atoms with Gasteiger partial charge < -0.3 is 9.30 Å². The molecule has 0 bridgehead atoms. The van der Waals surface area contributed by atoms with E-state index in [9.17, 15) is 4.79 Å². The lowest BCUT2D eigenvalue weighted by molar-refractivity contribution is -0.136. The molecule has 0 amide bonds. The molecule has 0 fully saturated rings. The van der Waals surface area contributed by atoms with Gasteiger partial charge >= 0.3 is 5.97 Å². The third-order valence-electron chi connectivity index (χ3n) is 1.99. The van der Waals surface area contributed by atoms with Gasteiger partial charge in [0.1, 0.15) is 0 Å². The van der Waals surface area contributed by atoms with E-state index in [4.69, 9.17) is 4.74 Å². The molecule has 0 aliphatic heterocycles. The summed E-state index contributed by atoms with van der Waals surface area (Å²) < 4.78 is 6.78. The Labute approximate surface area is 89.7 Å². The van der Waals surface area contributed by atoms with Crippen LogP contribution >= 0.6 is 0 Å². The van der Waals surface area contributed by atoms with E-state index >= 15 is 0 Å². The largest absolute Gasteiger partial charge is 0.462 e. The van der Waals surface area contributed by atoms with E-state index in [0.29, 0.717) is 18.7 Å². The minimum absolute atomic E-state index is 0.361. The first kappa shape index (κ1) is 11.3. The van der Waals surface area contributed by atoms with Crippen molar-refractivity contribution in [1.82, 2.24) is 4.57 Å². The zero-order chi connectivity index (χ0) is 11.3. The highest BCUT2D eigenvalue weighted by atomic mass is 16.5. The number of carbonyl (C=O) groups is 1. The third-order valence-corrected chi connectivity index (χ3v) is 1.99. The average molecular weight is 205 g/mol. The van der Waals surface area contributed by atoms with Crippen LogP contribution in [-0.4, -0.2) is 17.1 Å². The summed E-state index contributed by atoms with van der Waals surface area (Å²) in [6.45, 7) is 10.2. The lowest BCUT2D eigenvalue weighted by atomic mass is 10.2. The summed E-state index contributed by atoms with van der Waals surface area (Å²) in [7, 11) is 0. The van der Waals surface area contributed by atoms with Gasteiger partial charge in [-0.3, -0.25) is 0 Å². The summed E-state index contributed by atoms with van der Waals surface area (Å²) in [5, 5.41) is 0. The molecule has 1 aromatic heterocycles.